The first-order valence-electron chi connectivity index (χ1n) is 4.55. The molecule has 0 aliphatic rings. The third-order valence-corrected chi connectivity index (χ3v) is 1.90. The van der Waals surface area contributed by atoms with Crippen LogP contribution in [0, 0.1) is 6.92 Å². The molecule has 0 atom stereocenters. The number of nitrogens with zero attached hydrogens (tertiary/aromatic N) is 1. The minimum absolute atomic E-state index is 0.152. The van der Waals surface area contributed by atoms with Gasteiger partial charge in [0.1, 0.15) is 11.3 Å². The van der Waals surface area contributed by atoms with E-state index < -0.39 is 0 Å². The lowest BCUT2D eigenvalue weighted by molar-refractivity contribution is 0.0955. The van der Waals surface area contributed by atoms with Crippen LogP contribution in [0.1, 0.15) is 28.7 Å². The van der Waals surface area contributed by atoms with Crippen molar-refractivity contribution >= 4 is 5.91 Å². The standard InChI is InChI=1S/C10H14N2O2/c1-4-6-11-10(13)9-7(3)14-12-8(9)5-2/h4H,1,5-6H2,2-3H3,(H,11,13). The zero-order valence-corrected chi connectivity index (χ0v) is 8.46. The summed E-state index contributed by atoms with van der Waals surface area (Å²) in [5.41, 5.74) is 1.25. The number of aromatic nitrogens is 1. The Hall–Kier alpha value is -1.58. The van der Waals surface area contributed by atoms with Gasteiger partial charge in [0.25, 0.3) is 5.91 Å². The summed E-state index contributed by atoms with van der Waals surface area (Å²) in [6.07, 6.45) is 2.32. The van der Waals surface area contributed by atoms with Crippen molar-refractivity contribution in [1.29, 1.82) is 0 Å². The van der Waals surface area contributed by atoms with Crippen LogP contribution in [0.4, 0.5) is 0 Å². The smallest absolute Gasteiger partial charge is 0.257 e. The number of rotatable bonds is 4. The number of nitrogens with one attached hydrogen (secondary N) is 1. The first-order valence-corrected chi connectivity index (χ1v) is 4.55. The van der Waals surface area contributed by atoms with E-state index in [0.29, 0.717) is 30.0 Å². The third kappa shape index (κ3) is 2.02. The molecule has 14 heavy (non-hydrogen) atoms. The second-order valence-electron chi connectivity index (χ2n) is 2.91. The Morgan fingerprint density at radius 3 is 3.00 bits per heavy atom. The molecular weight excluding hydrogens is 180 g/mol. The van der Waals surface area contributed by atoms with Crippen LogP contribution >= 0.6 is 0 Å². The fraction of sp³-hybridized carbons (Fsp3) is 0.400. The zero-order chi connectivity index (χ0) is 10.6. The highest BCUT2D eigenvalue weighted by Gasteiger charge is 2.17. The summed E-state index contributed by atoms with van der Waals surface area (Å²) < 4.78 is 4.95. The maximum atomic E-state index is 11.6. The zero-order valence-electron chi connectivity index (χ0n) is 8.46. The van der Waals surface area contributed by atoms with Crippen molar-refractivity contribution in [2.45, 2.75) is 20.3 Å². The summed E-state index contributed by atoms with van der Waals surface area (Å²) in [6, 6.07) is 0. The Balaban J connectivity index is 2.86. The van der Waals surface area contributed by atoms with Crippen molar-refractivity contribution in [2.75, 3.05) is 6.54 Å². The topological polar surface area (TPSA) is 55.1 Å². The molecule has 76 valence electrons. The Labute approximate surface area is 83.0 Å². The highest BCUT2D eigenvalue weighted by atomic mass is 16.5. The van der Waals surface area contributed by atoms with Gasteiger partial charge in [-0.2, -0.15) is 0 Å². The highest BCUT2D eigenvalue weighted by molar-refractivity contribution is 5.96. The molecule has 0 fully saturated rings. The lowest BCUT2D eigenvalue weighted by Crippen LogP contribution is -2.24. The van der Waals surface area contributed by atoms with Gasteiger partial charge < -0.3 is 9.84 Å². The molecule has 1 aromatic rings. The summed E-state index contributed by atoms with van der Waals surface area (Å²) >= 11 is 0. The molecule has 0 bridgehead atoms. The van der Waals surface area contributed by atoms with Crippen molar-refractivity contribution in [3.63, 3.8) is 0 Å². The number of hydrogen-bond acceptors (Lipinski definition) is 3. The average Bonchev–Trinajstić information content (AvgIpc) is 2.56. The maximum absolute atomic E-state index is 11.6. The Morgan fingerprint density at radius 2 is 2.43 bits per heavy atom. The molecule has 1 heterocycles. The number of amides is 1. The fourth-order valence-corrected chi connectivity index (χ4v) is 1.20. The summed E-state index contributed by atoms with van der Waals surface area (Å²) in [4.78, 5) is 11.6. The van der Waals surface area contributed by atoms with E-state index in [1.54, 1.807) is 13.0 Å². The van der Waals surface area contributed by atoms with Crippen molar-refractivity contribution in [3.8, 4) is 0 Å². The Kier molecular flexibility index (Phi) is 3.45. The predicted molar refractivity (Wildman–Crippen MR) is 53.1 cm³/mol. The van der Waals surface area contributed by atoms with Crippen LogP contribution in [0.5, 0.6) is 0 Å². The molecule has 0 radical (unpaired) electrons. The van der Waals surface area contributed by atoms with Crippen molar-refractivity contribution in [3.05, 3.63) is 29.7 Å². The molecular formula is C10H14N2O2. The second kappa shape index (κ2) is 4.60. The number of carbonyl (C=O) groups excluding carboxylic acids is 1. The molecule has 1 amide bonds. The molecule has 1 aromatic heterocycles. The van der Waals surface area contributed by atoms with Gasteiger partial charge >= 0.3 is 0 Å². The van der Waals surface area contributed by atoms with Crippen LogP contribution in [0.15, 0.2) is 17.2 Å². The van der Waals surface area contributed by atoms with Crippen LogP contribution in [0.2, 0.25) is 0 Å². The van der Waals surface area contributed by atoms with Gasteiger partial charge in [-0.25, -0.2) is 0 Å². The normalized spacial score (nSPS) is 9.86. The second-order valence-corrected chi connectivity index (χ2v) is 2.91. The van der Waals surface area contributed by atoms with Gasteiger partial charge in [0.05, 0.1) is 5.69 Å². The summed E-state index contributed by atoms with van der Waals surface area (Å²) in [6.45, 7) is 7.64. The minimum Gasteiger partial charge on any atom is -0.361 e. The van der Waals surface area contributed by atoms with Crippen LogP contribution in [-0.4, -0.2) is 17.6 Å². The van der Waals surface area contributed by atoms with Gasteiger partial charge in [-0.15, -0.1) is 6.58 Å². The quantitative estimate of drug-likeness (QED) is 0.738. The SMILES string of the molecule is C=CCNC(=O)c1c(CC)noc1C. The number of carbonyl (C=O) groups is 1. The molecule has 0 aliphatic carbocycles. The Bertz CT molecular complexity index is 342. The molecule has 0 unspecified atom stereocenters. The van der Waals surface area contributed by atoms with Gasteiger partial charge in [-0.3, -0.25) is 4.79 Å². The van der Waals surface area contributed by atoms with Crippen molar-refractivity contribution in [2.24, 2.45) is 0 Å². The lowest BCUT2D eigenvalue weighted by atomic mass is 10.1. The molecule has 0 saturated carbocycles. The van der Waals surface area contributed by atoms with Crippen LogP contribution in [0.3, 0.4) is 0 Å². The summed E-state index contributed by atoms with van der Waals surface area (Å²) in [5.74, 6) is 0.406. The third-order valence-electron chi connectivity index (χ3n) is 1.90. The van der Waals surface area contributed by atoms with E-state index in [-0.39, 0.29) is 5.91 Å². The molecule has 0 saturated heterocycles. The van der Waals surface area contributed by atoms with Gasteiger partial charge in [-0.05, 0) is 13.3 Å². The number of hydrogen-bond donors (Lipinski definition) is 1. The minimum atomic E-state index is -0.152. The van der Waals surface area contributed by atoms with Gasteiger partial charge in [0.2, 0.25) is 0 Å². The number of aryl methyl sites for hydroxylation is 2. The lowest BCUT2D eigenvalue weighted by Gasteiger charge is -2.00. The van der Waals surface area contributed by atoms with Gasteiger partial charge in [-0.1, -0.05) is 18.2 Å². The molecule has 4 heteroatoms. The monoisotopic (exact) mass is 194 g/mol. The van der Waals surface area contributed by atoms with E-state index >= 15 is 0 Å². The Morgan fingerprint density at radius 1 is 1.71 bits per heavy atom. The van der Waals surface area contributed by atoms with E-state index in [2.05, 4.69) is 17.1 Å². The van der Waals surface area contributed by atoms with Crippen molar-refractivity contribution in [1.82, 2.24) is 10.5 Å². The van der Waals surface area contributed by atoms with Crippen LogP contribution < -0.4 is 5.32 Å². The van der Waals surface area contributed by atoms with Crippen LogP contribution in [-0.2, 0) is 6.42 Å². The predicted octanol–water partition coefficient (Wildman–Crippen LogP) is 1.46. The van der Waals surface area contributed by atoms with Crippen molar-refractivity contribution < 1.29 is 9.32 Å². The van der Waals surface area contributed by atoms with Crippen LogP contribution in [0.25, 0.3) is 0 Å². The molecule has 4 nitrogen and oxygen atoms in total. The van der Waals surface area contributed by atoms with Gasteiger partial charge in [0.15, 0.2) is 0 Å². The summed E-state index contributed by atoms with van der Waals surface area (Å²) in [7, 11) is 0. The largest absolute Gasteiger partial charge is 0.361 e. The summed E-state index contributed by atoms with van der Waals surface area (Å²) in [5, 5.41) is 6.49. The molecule has 0 aromatic carbocycles. The molecule has 0 spiro atoms. The first kappa shape index (κ1) is 10.5. The highest BCUT2D eigenvalue weighted by Crippen LogP contribution is 2.13. The maximum Gasteiger partial charge on any atom is 0.257 e. The average molecular weight is 194 g/mol. The van der Waals surface area contributed by atoms with E-state index in [0.717, 1.165) is 0 Å². The molecule has 0 aliphatic heterocycles. The fourth-order valence-electron chi connectivity index (χ4n) is 1.20. The van der Waals surface area contributed by atoms with Gasteiger partial charge in [0, 0.05) is 6.54 Å². The molecule has 1 N–H and O–H groups in total. The van der Waals surface area contributed by atoms with E-state index in [4.69, 9.17) is 4.52 Å². The molecule has 1 rings (SSSR count). The van der Waals surface area contributed by atoms with E-state index in [9.17, 15) is 4.79 Å². The van der Waals surface area contributed by atoms with E-state index in [1.807, 2.05) is 6.92 Å². The first-order chi connectivity index (χ1) is 6.70. The van der Waals surface area contributed by atoms with E-state index in [1.165, 1.54) is 0 Å².